The molecule has 2 aromatic heterocycles. The highest BCUT2D eigenvalue weighted by atomic mass is 14.7. The summed E-state index contributed by atoms with van der Waals surface area (Å²) >= 11 is 0. The number of nitrogens with zero attached hydrogens (tertiary/aromatic N) is 2. The first kappa shape index (κ1) is 25.1. The van der Waals surface area contributed by atoms with Crippen molar-refractivity contribution in [3.05, 3.63) is 157 Å². The van der Waals surface area contributed by atoms with Gasteiger partial charge in [-0.15, -0.1) is 0 Å². The molecule has 0 amide bonds. The Morgan fingerprint density at radius 2 is 0.953 bits per heavy atom. The maximum absolute atomic E-state index is 4.75. The van der Waals surface area contributed by atoms with Crippen LogP contribution in [0, 0.1) is 6.92 Å². The highest BCUT2D eigenvalue weighted by Gasteiger charge is 2.17. The van der Waals surface area contributed by atoms with Gasteiger partial charge >= 0.3 is 0 Å². The molecule has 0 unspecified atom stereocenters. The first-order chi connectivity index (χ1) is 21.2. The number of pyridine rings is 2. The molecule has 43 heavy (non-hydrogen) atoms. The average molecular weight is 549 g/mol. The summed E-state index contributed by atoms with van der Waals surface area (Å²) in [6, 6.07) is 50.1. The third-order valence-electron chi connectivity index (χ3n) is 8.38. The van der Waals surface area contributed by atoms with Crippen molar-refractivity contribution < 1.29 is 0 Å². The van der Waals surface area contributed by atoms with Crippen LogP contribution in [0.4, 0.5) is 0 Å². The lowest BCUT2D eigenvalue weighted by Crippen LogP contribution is -1.92. The van der Waals surface area contributed by atoms with E-state index in [-0.39, 0.29) is 0 Å². The van der Waals surface area contributed by atoms with Gasteiger partial charge in [-0.05, 0) is 97.9 Å². The SMILES string of the molecule is Cc1ccc2cc(-c3c4ccccc4c(-c4cccc(-c5cc(-c6ccccn6)ccn5)c4)c4ccccc34)ccc2c1. The zero-order valence-electron chi connectivity index (χ0n) is 23.8. The van der Waals surface area contributed by atoms with Crippen LogP contribution in [-0.4, -0.2) is 9.97 Å². The Kier molecular flexibility index (Phi) is 6.05. The molecule has 2 heteroatoms. The quantitative estimate of drug-likeness (QED) is 0.204. The minimum atomic E-state index is 0.932. The summed E-state index contributed by atoms with van der Waals surface area (Å²) in [6.45, 7) is 2.15. The van der Waals surface area contributed by atoms with Gasteiger partial charge in [-0.2, -0.15) is 0 Å². The van der Waals surface area contributed by atoms with Crippen molar-refractivity contribution in [1.29, 1.82) is 0 Å². The minimum Gasteiger partial charge on any atom is -0.256 e. The third kappa shape index (κ3) is 4.45. The van der Waals surface area contributed by atoms with Crippen LogP contribution in [0.25, 0.3) is 77.1 Å². The number of hydrogen-bond donors (Lipinski definition) is 0. The lowest BCUT2D eigenvalue weighted by Gasteiger charge is -2.18. The summed E-state index contributed by atoms with van der Waals surface area (Å²) in [5.41, 5.74) is 10.2. The smallest absolute Gasteiger partial charge is 0.0708 e. The van der Waals surface area contributed by atoms with Gasteiger partial charge in [-0.1, -0.05) is 109 Å². The van der Waals surface area contributed by atoms with E-state index in [0.717, 1.165) is 22.5 Å². The van der Waals surface area contributed by atoms with E-state index in [4.69, 9.17) is 4.98 Å². The normalized spacial score (nSPS) is 11.4. The van der Waals surface area contributed by atoms with Crippen LogP contribution in [-0.2, 0) is 0 Å². The zero-order chi connectivity index (χ0) is 28.8. The van der Waals surface area contributed by atoms with Gasteiger partial charge in [0, 0.05) is 23.5 Å². The topological polar surface area (TPSA) is 25.8 Å². The molecule has 0 saturated carbocycles. The van der Waals surface area contributed by atoms with E-state index >= 15 is 0 Å². The maximum Gasteiger partial charge on any atom is 0.0708 e. The molecule has 8 rings (SSSR count). The molecule has 0 bridgehead atoms. The second-order valence-electron chi connectivity index (χ2n) is 11.1. The number of aryl methyl sites for hydroxylation is 1. The second-order valence-corrected chi connectivity index (χ2v) is 11.1. The molecule has 202 valence electrons. The fourth-order valence-electron chi connectivity index (χ4n) is 6.39. The molecule has 0 fully saturated rings. The number of aromatic nitrogens is 2. The largest absolute Gasteiger partial charge is 0.256 e. The Morgan fingerprint density at radius 3 is 1.65 bits per heavy atom. The van der Waals surface area contributed by atoms with Crippen molar-refractivity contribution in [2.75, 3.05) is 0 Å². The molecule has 0 spiro atoms. The van der Waals surface area contributed by atoms with Crippen LogP contribution in [0.1, 0.15) is 5.56 Å². The lowest BCUT2D eigenvalue weighted by atomic mass is 9.85. The second kappa shape index (κ2) is 10.3. The molecule has 8 aromatic rings. The van der Waals surface area contributed by atoms with Crippen LogP contribution in [0.5, 0.6) is 0 Å². The van der Waals surface area contributed by atoms with Crippen molar-refractivity contribution in [2.24, 2.45) is 0 Å². The molecule has 6 aromatic carbocycles. The van der Waals surface area contributed by atoms with Crippen LogP contribution < -0.4 is 0 Å². The summed E-state index contributed by atoms with van der Waals surface area (Å²) in [6.07, 6.45) is 3.70. The fourth-order valence-corrected chi connectivity index (χ4v) is 6.39. The number of benzene rings is 6. The summed E-state index contributed by atoms with van der Waals surface area (Å²) < 4.78 is 0. The first-order valence-corrected chi connectivity index (χ1v) is 14.7. The van der Waals surface area contributed by atoms with Crippen molar-refractivity contribution >= 4 is 32.3 Å². The highest BCUT2D eigenvalue weighted by molar-refractivity contribution is 6.21. The van der Waals surface area contributed by atoms with Crippen molar-refractivity contribution in [1.82, 2.24) is 9.97 Å². The molecular formula is C41H28N2. The lowest BCUT2D eigenvalue weighted by molar-refractivity contribution is 1.29. The third-order valence-corrected chi connectivity index (χ3v) is 8.38. The first-order valence-electron chi connectivity index (χ1n) is 14.7. The van der Waals surface area contributed by atoms with Crippen LogP contribution >= 0.6 is 0 Å². The number of hydrogen-bond acceptors (Lipinski definition) is 2. The monoisotopic (exact) mass is 548 g/mol. The van der Waals surface area contributed by atoms with Crippen molar-refractivity contribution in [2.45, 2.75) is 6.92 Å². The highest BCUT2D eigenvalue weighted by Crippen LogP contribution is 2.44. The molecular weight excluding hydrogens is 520 g/mol. The molecule has 0 saturated heterocycles. The van der Waals surface area contributed by atoms with Crippen LogP contribution in [0.2, 0.25) is 0 Å². The van der Waals surface area contributed by atoms with E-state index in [9.17, 15) is 0 Å². The van der Waals surface area contributed by atoms with E-state index in [2.05, 4.69) is 127 Å². The van der Waals surface area contributed by atoms with Gasteiger partial charge in [-0.3, -0.25) is 9.97 Å². The predicted molar refractivity (Wildman–Crippen MR) is 181 cm³/mol. The molecule has 0 aliphatic carbocycles. The van der Waals surface area contributed by atoms with Crippen molar-refractivity contribution in [3.8, 4) is 44.8 Å². The molecule has 2 heterocycles. The summed E-state index contributed by atoms with van der Waals surface area (Å²) in [4.78, 5) is 9.29. The number of fused-ring (bicyclic) bond motifs is 3. The molecule has 0 radical (unpaired) electrons. The maximum atomic E-state index is 4.75. The Balaban J connectivity index is 1.34. The Labute approximate surface area is 251 Å². The molecule has 0 aliphatic heterocycles. The number of rotatable bonds is 4. The van der Waals surface area contributed by atoms with E-state index in [0.29, 0.717) is 0 Å². The van der Waals surface area contributed by atoms with Gasteiger partial charge in [0.2, 0.25) is 0 Å². The van der Waals surface area contributed by atoms with E-state index in [1.54, 1.807) is 0 Å². The molecule has 0 aliphatic rings. The summed E-state index contributed by atoms with van der Waals surface area (Å²) in [5, 5.41) is 7.52. The van der Waals surface area contributed by atoms with E-state index < -0.39 is 0 Å². The standard InChI is InChI=1S/C41H28N2/c1-27-16-17-29-24-33(19-18-28(29)23-27)41-36-13-4-2-11-34(36)40(35-12-3-5-14-37(35)41)32-10-8-9-30(25-32)39-26-31(20-22-43-39)38-15-6-7-21-42-38/h2-26H,1H3. The Hall–Kier alpha value is -5.60. The van der Waals surface area contributed by atoms with Gasteiger partial charge in [0.15, 0.2) is 0 Å². The van der Waals surface area contributed by atoms with Gasteiger partial charge < -0.3 is 0 Å². The zero-order valence-corrected chi connectivity index (χ0v) is 23.8. The van der Waals surface area contributed by atoms with Gasteiger partial charge in [-0.25, -0.2) is 0 Å². The predicted octanol–water partition coefficient (Wildman–Crippen LogP) is 10.9. The summed E-state index contributed by atoms with van der Waals surface area (Å²) in [5.74, 6) is 0. The molecule has 2 nitrogen and oxygen atoms in total. The van der Waals surface area contributed by atoms with Gasteiger partial charge in [0.1, 0.15) is 0 Å². The van der Waals surface area contributed by atoms with E-state index in [1.807, 2.05) is 36.7 Å². The fraction of sp³-hybridized carbons (Fsp3) is 0.0244. The molecule has 0 N–H and O–H groups in total. The summed E-state index contributed by atoms with van der Waals surface area (Å²) in [7, 11) is 0. The van der Waals surface area contributed by atoms with E-state index in [1.165, 1.54) is 60.1 Å². The van der Waals surface area contributed by atoms with Gasteiger partial charge in [0.25, 0.3) is 0 Å². The Bertz CT molecular complexity index is 2240. The van der Waals surface area contributed by atoms with Gasteiger partial charge in [0.05, 0.1) is 11.4 Å². The Morgan fingerprint density at radius 1 is 0.372 bits per heavy atom. The van der Waals surface area contributed by atoms with Crippen LogP contribution in [0.3, 0.4) is 0 Å². The molecule has 0 atom stereocenters. The minimum absolute atomic E-state index is 0.932. The van der Waals surface area contributed by atoms with Crippen LogP contribution in [0.15, 0.2) is 152 Å². The average Bonchev–Trinajstić information content (AvgIpc) is 3.07. The van der Waals surface area contributed by atoms with Crippen molar-refractivity contribution in [3.63, 3.8) is 0 Å².